The van der Waals surface area contributed by atoms with Crippen LogP contribution in [-0.4, -0.2) is 29.6 Å². The highest BCUT2D eigenvalue weighted by Gasteiger charge is 2.27. The Labute approximate surface area is 137 Å². The average Bonchev–Trinajstić information content (AvgIpc) is 2.57. The van der Waals surface area contributed by atoms with E-state index in [1.54, 1.807) is 31.2 Å². The van der Waals surface area contributed by atoms with E-state index in [0.29, 0.717) is 6.42 Å². The van der Waals surface area contributed by atoms with E-state index in [1.807, 2.05) is 0 Å². The number of phenolic OH excluding ortho intramolecular Hbond substituents is 1. The summed E-state index contributed by atoms with van der Waals surface area (Å²) in [6.07, 6.45) is 5.46. The third-order valence-electron chi connectivity index (χ3n) is 4.24. The van der Waals surface area contributed by atoms with Gasteiger partial charge in [0.25, 0.3) is 0 Å². The number of carbonyl (C=O) groups is 2. The maximum atomic E-state index is 12.4. The number of rotatable bonds is 6. The Kier molecular flexibility index (Phi) is 6.44. The molecule has 0 unspecified atom stereocenters. The van der Waals surface area contributed by atoms with Crippen LogP contribution >= 0.6 is 0 Å². The summed E-state index contributed by atoms with van der Waals surface area (Å²) in [5.74, 6) is -0.292. The van der Waals surface area contributed by atoms with E-state index in [4.69, 9.17) is 4.74 Å². The number of ether oxygens (including phenoxy) is 1. The van der Waals surface area contributed by atoms with E-state index in [2.05, 4.69) is 5.32 Å². The summed E-state index contributed by atoms with van der Waals surface area (Å²) in [7, 11) is 0. The van der Waals surface area contributed by atoms with Crippen LogP contribution in [0.2, 0.25) is 0 Å². The zero-order chi connectivity index (χ0) is 16.7. The number of aromatic hydroxyl groups is 1. The van der Waals surface area contributed by atoms with Gasteiger partial charge in [-0.15, -0.1) is 0 Å². The van der Waals surface area contributed by atoms with Crippen LogP contribution in [0.25, 0.3) is 0 Å². The number of phenols is 1. The molecule has 0 aromatic heterocycles. The van der Waals surface area contributed by atoms with Crippen LogP contribution in [0.1, 0.15) is 44.6 Å². The van der Waals surface area contributed by atoms with Crippen molar-refractivity contribution in [3.05, 3.63) is 29.8 Å². The number of hydrogen-bond acceptors (Lipinski definition) is 4. The van der Waals surface area contributed by atoms with Gasteiger partial charge in [-0.05, 0) is 37.5 Å². The molecule has 2 rings (SSSR count). The molecule has 1 atom stereocenters. The van der Waals surface area contributed by atoms with Crippen molar-refractivity contribution in [3.8, 4) is 5.75 Å². The minimum Gasteiger partial charge on any atom is -0.508 e. The molecule has 1 amide bonds. The van der Waals surface area contributed by atoms with Crippen LogP contribution in [0.15, 0.2) is 24.3 Å². The fourth-order valence-corrected chi connectivity index (χ4v) is 2.96. The molecular weight excluding hydrogens is 294 g/mol. The lowest BCUT2D eigenvalue weighted by molar-refractivity contribution is -0.148. The molecule has 0 spiro atoms. The van der Waals surface area contributed by atoms with Gasteiger partial charge in [0.15, 0.2) is 0 Å². The second-order valence-corrected chi connectivity index (χ2v) is 6.02. The predicted octanol–water partition coefficient (Wildman–Crippen LogP) is 2.56. The Morgan fingerprint density at radius 3 is 2.48 bits per heavy atom. The molecule has 0 aliphatic heterocycles. The second-order valence-electron chi connectivity index (χ2n) is 6.02. The van der Waals surface area contributed by atoms with Crippen LogP contribution in [-0.2, 0) is 20.7 Å². The first-order valence-corrected chi connectivity index (χ1v) is 8.35. The Balaban J connectivity index is 2.02. The number of esters is 1. The van der Waals surface area contributed by atoms with Crippen LogP contribution in [0.3, 0.4) is 0 Å². The van der Waals surface area contributed by atoms with Gasteiger partial charge < -0.3 is 15.2 Å². The summed E-state index contributed by atoms with van der Waals surface area (Å²) in [5, 5.41) is 12.2. The molecule has 5 nitrogen and oxygen atoms in total. The number of amides is 1. The van der Waals surface area contributed by atoms with Crippen LogP contribution < -0.4 is 5.32 Å². The molecule has 0 saturated heterocycles. The van der Waals surface area contributed by atoms with Gasteiger partial charge in [0.1, 0.15) is 11.8 Å². The van der Waals surface area contributed by atoms with Gasteiger partial charge in [-0.1, -0.05) is 31.4 Å². The minimum absolute atomic E-state index is 0.000458. The van der Waals surface area contributed by atoms with Crippen molar-refractivity contribution in [1.82, 2.24) is 5.32 Å². The molecular formula is C18H25NO4. The van der Waals surface area contributed by atoms with Crippen molar-refractivity contribution < 1.29 is 19.4 Å². The molecule has 1 aromatic carbocycles. The molecule has 1 fully saturated rings. The number of nitrogens with one attached hydrogen (secondary N) is 1. The molecule has 1 saturated carbocycles. The molecule has 0 radical (unpaired) electrons. The summed E-state index contributed by atoms with van der Waals surface area (Å²) in [6, 6.07) is 5.94. The quantitative estimate of drug-likeness (QED) is 0.790. The third-order valence-corrected chi connectivity index (χ3v) is 4.24. The Hall–Kier alpha value is -2.04. The first kappa shape index (κ1) is 17.3. The minimum atomic E-state index is -0.686. The fourth-order valence-electron chi connectivity index (χ4n) is 2.96. The average molecular weight is 319 g/mol. The summed E-state index contributed by atoms with van der Waals surface area (Å²) >= 11 is 0. The van der Waals surface area contributed by atoms with E-state index in [9.17, 15) is 14.7 Å². The summed E-state index contributed by atoms with van der Waals surface area (Å²) in [6.45, 7) is 2.03. The van der Waals surface area contributed by atoms with E-state index >= 15 is 0 Å². The summed E-state index contributed by atoms with van der Waals surface area (Å²) in [5.41, 5.74) is 0.866. The molecule has 2 N–H and O–H groups in total. The maximum Gasteiger partial charge on any atom is 0.328 e. The highest BCUT2D eigenvalue weighted by molar-refractivity contribution is 5.86. The van der Waals surface area contributed by atoms with Crippen molar-refractivity contribution in [3.63, 3.8) is 0 Å². The number of carbonyl (C=O) groups excluding carboxylic acids is 2. The Bertz CT molecular complexity index is 520. The molecule has 1 aromatic rings. The summed E-state index contributed by atoms with van der Waals surface area (Å²) < 4.78 is 5.09. The predicted molar refractivity (Wildman–Crippen MR) is 86.9 cm³/mol. The second kappa shape index (κ2) is 8.56. The van der Waals surface area contributed by atoms with Crippen LogP contribution in [0, 0.1) is 5.92 Å². The molecule has 126 valence electrons. The third kappa shape index (κ3) is 5.27. The van der Waals surface area contributed by atoms with Crippen molar-refractivity contribution in [2.75, 3.05) is 6.61 Å². The molecule has 1 aliphatic rings. The molecule has 0 heterocycles. The lowest BCUT2D eigenvalue weighted by Crippen LogP contribution is -2.46. The first-order chi connectivity index (χ1) is 11.1. The van der Waals surface area contributed by atoms with Gasteiger partial charge in [-0.2, -0.15) is 0 Å². The lowest BCUT2D eigenvalue weighted by atomic mass is 9.88. The highest BCUT2D eigenvalue weighted by atomic mass is 16.5. The molecule has 0 bridgehead atoms. The normalized spacial score (nSPS) is 16.6. The fraction of sp³-hybridized carbons (Fsp3) is 0.556. The topological polar surface area (TPSA) is 75.6 Å². The first-order valence-electron chi connectivity index (χ1n) is 8.35. The zero-order valence-corrected chi connectivity index (χ0v) is 13.6. The van der Waals surface area contributed by atoms with E-state index in [1.165, 1.54) is 6.42 Å². The summed E-state index contributed by atoms with van der Waals surface area (Å²) in [4.78, 5) is 24.5. The van der Waals surface area contributed by atoms with Crippen molar-refractivity contribution in [2.45, 2.75) is 51.5 Å². The number of benzene rings is 1. The Morgan fingerprint density at radius 1 is 1.22 bits per heavy atom. The van der Waals surface area contributed by atoms with Crippen molar-refractivity contribution >= 4 is 11.9 Å². The standard InChI is InChI=1S/C18H25NO4/c1-2-23-18(22)16(12-13-8-10-15(20)11-9-13)19-17(21)14-6-4-3-5-7-14/h8-11,14,16,20H,2-7,12H2,1H3,(H,19,21)/t16-/m0/s1. The van der Waals surface area contributed by atoms with Gasteiger partial charge in [0.05, 0.1) is 6.61 Å². The van der Waals surface area contributed by atoms with Gasteiger partial charge >= 0.3 is 5.97 Å². The highest BCUT2D eigenvalue weighted by Crippen LogP contribution is 2.24. The smallest absolute Gasteiger partial charge is 0.328 e. The van der Waals surface area contributed by atoms with Crippen LogP contribution in [0.5, 0.6) is 5.75 Å². The van der Waals surface area contributed by atoms with Gasteiger partial charge in [-0.3, -0.25) is 4.79 Å². The van der Waals surface area contributed by atoms with E-state index in [-0.39, 0.29) is 24.2 Å². The molecule has 23 heavy (non-hydrogen) atoms. The number of hydrogen-bond donors (Lipinski definition) is 2. The van der Waals surface area contributed by atoms with Crippen LogP contribution in [0.4, 0.5) is 0 Å². The monoisotopic (exact) mass is 319 g/mol. The molecule has 5 heteroatoms. The van der Waals surface area contributed by atoms with E-state index < -0.39 is 12.0 Å². The van der Waals surface area contributed by atoms with Gasteiger partial charge in [0, 0.05) is 12.3 Å². The van der Waals surface area contributed by atoms with E-state index in [0.717, 1.165) is 31.2 Å². The zero-order valence-electron chi connectivity index (χ0n) is 13.6. The lowest BCUT2D eigenvalue weighted by Gasteiger charge is -2.24. The Morgan fingerprint density at radius 2 is 1.87 bits per heavy atom. The van der Waals surface area contributed by atoms with Crippen molar-refractivity contribution in [1.29, 1.82) is 0 Å². The largest absolute Gasteiger partial charge is 0.508 e. The molecule has 1 aliphatic carbocycles. The van der Waals surface area contributed by atoms with Crippen molar-refractivity contribution in [2.24, 2.45) is 5.92 Å². The SMILES string of the molecule is CCOC(=O)[C@H](Cc1ccc(O)cc1)NC(=O)C1CCCCC1. The maximum absolute atomic E-state index is 12.4. The van der Waals surface area contributed by atoms with Gasteiger partial charge in [-0.25, -0.2) is 4.79 Å². The van der Waals surface area contributed by atoms with Gasteiger partial charge in [0.2, 0.25) is 5.91 Å².